The van der Waals surface area contributed by atoms with Gasteiger partial charge in [0.25, 0.3) is 5.91 Å². The largest absolute Gasteiger partial charge is 0.350 e. The van der Waals surface area contributed by atoms with Gasteiger partial charge in [-0.2, -0.15) is 10.2 Å². The lowest BCUT2D eigenvalue weighted by molar-refractivity contribution is -0.125. The number of nitrogens with one attached hydrogen (secondary N) is 1. The summed E-state index contributed by atoms with van der Waals surface area (Å²) < 4.78 is 3.63. The van der Waals surface area contributed by atoms with Crippen molar-refractivity contribution in [2.75, 3.05) is 6.54 Å². The third kappa shape index (κ3) is 4.21. The van der Waals surface area contributed by atoms with Crippen LogP contribution < -0.4 is 5.32 Å². The Hall–Kier alpha value is -2.64. The summed E-state index contributed by atoms with van der Waals surface area (Å²) in [5, 5.41) is 12.1. The maximum Gasteiger partial charge on any atom is 0.272 e. The molecule has 1 fully saturated rings. The summed E-state index contributed by atoms with van der Waals surface area (Å²) in [7, 11) is 1.83. The van der Waals surface area contributed by atoms with Crippen molar-refractivity contribution in [3.05, 3.63) is 34.9 Å². The van der Waals surface area contributed by atoms with Crippen molar-refractivity contribution in [2.24, 2.45) is 13.0 Å². The van der Waals surface area contributed by atoms with Crippen molar-refractivity contribution in [2.45, 2.75) is 65.1 Å². The van der Waals surface area contributed by atoms with Crippen molar-refractivity contribution in [3.63, 3.8) is 0 Å². The highest BCUT2D eigenvalue weighted by Gasteiger charge is 2.26. The topological polar surface area (TPSA) is 85.0 Å². The minimum Gasteiger partial charge on any atom is -0.350 e. The molecule has 2 aromatic heterocycles. The van der Waals surface area contributed by atoms with Crippen LogP contribution in [0.2, 0.25) is 0 Å². The summed E-state index contributed by atoms with van der Waals surface area (Å²) in [4.78, 5) is 27.1. The van der Waals surface area contributed by atoms with Crippen molar-refractivity contribution in [3.8, 4) is 0 Å². The number of hydrogen-bond acceptors (Lipinski definition) is 4. The number of carbonyl (C=O) groups is 2. The zero-order valence-corrected chi connectivity index (χ0v) is 17.4. The monoisotopic (exact) mass is 398 g/mol. The third-order valence-corrected chi connectivity index (χ3v) is 5.96. The van der Waals surface area contributed by atoms with Crippen molar-refractivity contribution in [1.82, 2.24) is 29.8 Å². The Bertz CT molecular complexity index is 893. The van der Waals surface area contributed by atoms with Crippen molar-refractivity contribution >= 4 is 11.8 Å². The van der Waals surface area contributed by atoms with E-state index in [2.05, 4.69) is 22.4 Å². The van der Waals surface area contributed by atoms with Crippen LogP contribution >= 0.6 is 0 Å². The van der Waals surface area contributed by atoms with E-state index in [0.717, 1.165) is 55.6 Å². The minimum absolute atomic E-state index is 0.00545. The van der Waals surface area contributed by atoms with E-state index in [0.29, 0.717) is 31.9 Å². The van der Waals surface area contributed by atoms with Gasteiger partial charge in [-0.25, -0.2) is 0 Å². The Labute approximate surface area is 171 Å². The van der Waals surface area contributed by atoms with E-state index < -0.39 is 0 Å². The van der Waals surface area contributed by atoms with Crippen LogP contribution in [0.4, 0.5) is 0 Å². The summed E-state index contributed by atoms with van der Waals surface area (Å²) in [6.45, 7) is 4.37. The minimum atomic E-state index is 0.00545. The van der Waals surface area contributed by atoms with E-state index in [9.17, 15) is 9.59 Å². The van der Waals surface area contributed by atoms with Gasteiger partial charge in [-0.05, 0) is 31.4 Å². The van der Waals surface area contributed by atoms with Gasteiger partial charge in [0, 0.05) is 19.5 Å². The van der Waals surface area contributed by atoms with E-state index in [-0.39, 0.29) is 17.7 Å². The third-order valence-electron chi connectivity index (χ3n) is 5.96. The molecule has 0 radical (unpaired) electrons. The highest BCUT2D eigenvalue weighted by atomic mass is 16.2. The summed E-state index contributed by atoms with van der Waals surface area (Å²) in [5.41, 5.74) is 3.45. The Morgan fingerprint density at radius 1 is 1.14 bits per heavy atom. The smallest absolute Gasteiger partial charge is 0.272 e. The fourth-order valence-corrected chi connectivity index (χ4v) is 4.36. The molecule has 1 aliphatic carbocycles. The molecule has 0 atom stereocenters. The number of hydrogen-bond donors (Lipinski definition) is 1. The summed E-state index contributed by atoms with van der Waals surface area (Å²) in [5.74, 6) is 0.312. The van der Waals surface area contributed by atoms with Crippen LogP contribution in [0.3, 0.4) is 0 Å². The molecule has 156 valence electrons. The van der Waals surface area contributed by atoms with Gasteiger partial charge in [0.05, 0.1) is 36.7 Å². The molecule has 1 aliphatic heterocycles. The Balaban J connectivity index is 1.38. The first-order valence-electron chi connectivity index (χ1n) is 10.7. The lowest BCUT2D eigenvalue weighted by Gasteiger charge is -2.27. The molecule has 1 N–H and O–H groups in total. The maximum absolute atomic E-state index is 13.0. The van der Waals surface area contributed by atoms with Crippen LogP contribution in [0.1, 0.15) is 66.6 Å². The zero-order chi connectivity index (χ0) is 20.4. The van der Waals surface area contributed by atoms with E-state index in [1.165, 1.54) is 0 Å². The highest BCUT2D eigenvalue weighted by Crippen LogP contribution is 2.24. The van der Waals surface area contributed by atoms with Crippen LogP contribution in [0.25, 0.3) is 0 Å². The number of nitrogens with zero attached hydrogens (tertiary/aromatic N) is 5. The van der Waals surface area contributed by atoms with Gasteiger partial charge < -0.3 is 10.2 Å². The average Bonchev–Trinajstić information content (AvgIpc) is 3.45. The molecule has 0 aromatic carbocycles. The van der Waals surface area contributed by atoms with Gasteiger partial charge in [-0.3, -0.25) is 19.0 Å². The Morgan fingerprint density at radius 2 is 1.93 bits per heavy atom. The molecule has 0 saturated heterocycles. The van der Waals surface area contributed by atoms with Gasteiger partial charge in [0.15, 0.2) is 0 Å². The lowest BCUT2D eigenvalue weighted by Crippen LogP contribution is -2.39. The summed E-state index contributed by atoms with van der Waals surface area (Å²) in [6.07, 6.45) is 6.18. The zero-order valence-electron chi connectivity index (χ0n) is 17.4. The Kier molecular flexibility index (Phi) is 5.69. The molecule has 0 spiro atoms. The molecule has 2 aliphatic rings. The molecule has 8 heteroatoms. The van der Waals surface area contributed by atoms with Gasteiger partial charge >= 0.3 is 0 Å². The normalized spacial score (nSPS) is 16.8. The van der Waals surface area contributed by atoms with Crippen molar-refractivity contribution < 1.29 is 9.59 Å². The summed E-state index contributed by atoms with van der Waals surface area (Å²) >= 11 is 0. The molecule has 29 heavy (non-hydrogen) atoms. The van der Waals surface area contributed by atoms with Crippen molar-refractivity contribution in [1.29, 1.82) is 0 Å². The lowest BCUT2D eigenvalue weighted by atomic mass is 10.1. The second kappa shape index (κ2) is 8.39. The maximum atomic E-state index is 13.0. The van der Waals surface area contributed by atoms with E-state index in [1.54, 1.807) is 4.68 Å². The van der Waals surface area contributed by atoms with Gasteiger partial charge in [0.2, 0.25) is 5.91 Å². The molecule has 4 rings (SSSR count). The molecule has 0 bridgehead atoms. The standard InChI is InChI=1S/C21H30N6O2/c1-3-6-16-12-19(25(2)23-16)21(29)26-9-10-27-18(14-26)11-17(24-27)13-22-20(28)15-7-4-5-8-15/h11-12,15H,3-10,13-14H2,1-2H3,(H,22,28). The number of aryl methyl sites for hydroxylation is 2. The molecule has 8 nitrogen and oxygen atoms in total. The molecule has 3 heterocycles. The fourth-order valence-electron chi connectivity index (χ4n) is 4.36. The molecular formula is C21H30N6O2. The predicted octanol–water partition coefficient (Wildman–Crippen LogP) is 2.03. The number of rotatable bonds is 6. The van der Waals surface area contributed by atoms with Crippen LogP contribution in [0.15, 0.2) is 12.1 Å². The van der Waals surface area contributed by atoms with E-state index in [4.69, 9.17) is 0 Å². The van der Waals surface area contributed by atoms with Gasteiger partial charge in [0.1, 0.15) is 5.69 Å². The number of aromatic nitrogens is 4. The second-order valence-electron chi connectivity index (χ2n) is 8.17. The first-order valence-corrected chi connectivity index (χ1v) is 10.7. The molecular weight excluding hydrogens is 368 g/mol. The van der Waals surface area contributed by atoms with Gasteiger partial charge in [-0.1, -0.05) is 26.2 Å². The Morgan fingerprint density at radius 3 is 2.69 bits per heavy atom. The quantitative estimate of drug-likeness (QED) is 0.807. The molecule has 0 unspecified atom stereocenters. The first-order chi connectivity index (χ1) is 14.0. The number of amides is 2. The molecule has 1 saturated carbocycles. The van der Waals surface area contributed by atoms with E-state index in [1.807, 2.05) is 28.8 Å². The SMILES string of the molecule is CCCc1cc(C(=O)N2CCn3nc(CNC(=O)C4CCCC4)cc3C2)n(C)n1. The van der Waals surface area contributed by atoms with E-state index >= 15 is 0 Å². The number of fused-ring (bicyclic) bond motifs is 1. The average molecular weight is 399 g/mol. The van der Waals surface area contributed by atoms with Crippen LogP contribution in [0, 0.1) is 5.92 Å². The highest BCUT2D eigenvalue weighted by molar-refractivity contribution is 5.92. The number of carbonyl (C=O) groups excluding carboxylic acids is 2. The van der Waals surface area contributed by atoms with Crippen LogP contribution in [-0.4, -0.2) is 42.8 Å². The molecule has 2 amide bonds. The fraction of sp³-hybridized carbons (Fsp3) is 0.619. The first kappa shape index (κ1) is 19.7. The molecule has 2 aromatic rings. The van der Waals surface area contributed by atoms with Crippen LogP contribution in [-0.2, 0) is 37.9 Å². The van der Waals surface area contributed by atoms with Gasteiger partial charge in [-0.15, -0.1) is 0 Å². The predicted molar refractivity (Wildman–Crippen MR) is 108 cm³/mol. The van der Waals surface area contributed by atoms with Crippen LogP contribution in [0.5, 0.6) is 0 Å². The summed E-state index contributed by atoms with van der Waals surface area (Å²) in [6, 6.07) is 3.90. The second-order valence-corrected chi connectivity index (χ2v) is 8.17.